The van der Waals surface area contributed by atoms with Crippen molar-refractivity contribution in [2.24, 2.45) is 0 Å². The van der Waals surface area contributed by atoms with E-state index in [9.17, 15) is 9.18 Å². The highest BCUT2D eigenvalue weighted by atomic mass is 19.1. The molecule has 5 nitrogen and oxygen atoms in total. The Morgan fingerprint density at radius 2 is 2.29 bits per heavy atom. The van der Waals surface area contributed by atoms with Crippen LogP contribution in [0.15, 0.2) is 6.20 Å². The van der Waals surface area contributed by atoms with Crippen LogP contribution in [-0.2, 0) is 11.2 Å². The highest BCUT2D eigenvalue weighted by Gasteiger charge is 2.20. The van der Waals surface area contributed by atoms with E-state index in [0.29, 0.717) is 5.56 Å². The Morgan fingerprint density at radius 3 is 2.94 bits per heavy atom. The van der Waals surface area contributed by atoms with E-state index < -0.39 is 5.97 Å². The second-order valence-corrected chi connectivity index (χ2v) is 4.28. The van der Waals surface area contributed by atoms with Gasteiger partial charge in [-0.1, -0.05) is 0 Å². The Balaban J connectivity index is 2.05. The molecule has 1 aromatic rings. The molecule has 0 bridgehead atoms. The summed E-state index contributed by atoms with van der Waals surface area (Å²) in [6.07, 6.45) is 3.30. The molecule has 0 saturated carbocycles. The first-order chi connectivity index (χ1) is 8.18. The number of carboxylic acid groups (broad SMARTS) is 1. The molecule has 6 heteroatoms. The number of aliphatic carboxylic acids is 1. The number of aryl methyl sites for hydroxylation is 1. The molecule has 0 spiro atoms. The van der Waals surface area contributed by atoms with Gasteiger partial charge in [0.25, 0.3) is 0 Å². The average Bonchev–Trinajstić information content (AvgIpc) is 2.69. The standard InChI is InChI=1S/C11H16FN3O2/c12-11-8(1-2-10(16)17)7-14-15(11)9-3-5-13-6-4-9/h7,9,13H,1-6H2,(H,16,17). The molecule has 0 radical (unpaired) electrons. The number of hydrogen-bond donors (Lipinski definition) is 2. The fourth-order valence-electron chi connectivity index (χ4n) is 2.10. The van der Waals surface area contributed by atoms with Gasteiger partial charge in [-0.05, 0) is 32.4 Å². The molecule has 17 heavy (non-hydrogen) atoms. The third-order valence-corrected chi connectivity index (χ3v) is 3.07. The highest BCUT2D eigenvalue weighted by molar-refractivity contribution is 5.67. The molecule has 2 N–H and O–H groups in total. The fraction of sp³-hybridized carbons (Fsp3) is 0.636. The van der Waals surface area contributed by atoms with Crippen molar-refractivity contribution in [3.05, 3.63) is 17.7 Å². The minimum absolute atomic E-state index is 0.0607. The third-order valence-electron chi connectivity index (χ3n) is 3.07. The third kappa shape index (κ3) is 2.82. The maximum atomic E-state index is 14.0. The van der Waals surface area contributed by atoms with Gasteiger partial charge < -0.3 is 10.4 Å². The van der Waals surface area contributed by atoms with Crippen molar-refractivity contribution in [3.8, 4) is 0 Å². The van der Waals surface area contributed by atoms with Crippen LogP contribution in [0.5, 0.6) is 0 Å². The van der Waals surface area contributed by atoms with Crippen LogP contribution in [0.25, 0.3) is 0 Å². The van der Waals surface area contributed by atoms with Crippen LogP contribution < -0.4 is 5.32 Å². The molecule has 1 aliphatic rings. The van der Waals surface area contributed by atoms with Gasteiger partial charge in [0.15, 0.2) is 0 Å². The van der Waals surface area contributed by atoms with Crippen molar-refractivity contribution in [1.29, 1.82) is 0 Å². The van der Waals surface area contributed by atoms with E-state index in [1.165, 1.54) is 10.9 Å². The van der Waals surface area contributed by atoms with E-state index in [-0.39, 0.29) is 24.8 Å². The Bertz CT molecular complexity index is 399. The smallest absolute Gasteiger partial charge is 0.303 e. The van der Waals surface area contributed by atoms with Gasteiger partial charge in [-0.2, -0.15) is 9.49 Å². The first-order valence-corrected chi connectivity index (χ1v) is 5.83. The summed E-state index contributed by atoms with van der Waals surface area (Å²) in [6.45, 7) is 1.74. The molecule has 1 aromatic heterocycles. The monoisotopic (exact) mass is 241 g/mol. The van der Waals surface area contributed by atoms with Crippen LogP contribution in [0.2, 0.25) is 0 Å². The number of nitrogens with zero attached hydrogens (tertiary/aromatic N) is 2. The lowest BCUT2D eigenvalue weighted by Crippen LogP contribution is -2.30. The Morgan fingerprint density at radius 1 is 1.59 bits per heavy atom. The number of halogens is 1. The summed E-state index contributed by atoms with van der Waals surface area (Å²) in [6, 6.07) is 0.0924. The summed E-state index contributed by atoms with van der Waals surface area (Å²) in [5.41, 5.74) is 0.394. The molecular weight excluding hydrogens is 225 g/mol. The molecule has 94 valence electrons. The van der Waals surface area contributed by atoms with Gasteiger partial charge in [0, 0.05) is 12.0 Å². The fourth-order valence-corrected chi connectivity index (χ4v) is 2.10. The summed E-state index contributed by atoms with van der Waals surface area (Å²) in [5.74, 6) is -1.29. The average molecular weight is 241 g/mol. The Labute approximate surface area is 98.6 Å². The van der Waals surface area contributed by atoms with Gasteiger partial charge in [0.2, 0.25) is 5.95 Å². The number of carboxylic acids is 1. The first-order valence-electron chi connectivity index (χ1n) is 5.83. The molecule has 2 heterocycles. The minimum Gasteiger partial charge on any atom is -0.481 e. The van der Waals surface area contributed by atoms with Crippen LogP contribution in [0.4, 0.5) is 4.39 Å². The van der Waals surface area contributed by atoms with Crippen LogP contribution in [-0.4, -0.2) is 33.9 Å². The SMILES string of the molecule is O=C(O)CCc1cnn(C2CCNCC2)c1F. The zero-order chi connectivity index (χ0) is 12.3. The molecule has 0 aliphatic carbocycles. The lowest BCUT2D eigenvalue weighted by atomic mass is 10.1. The molecule has 2 rings (SSSR count). The molecule has 1 aliphatic heterocycles. The number of piperidine rings is 1. The lowest BCUT2D eigenvalue weighted by molar-refractivity contribution is -0.136. The Hall–Kier alpha value is -1.43. The molecule has 1 saturated heterocycles. The summed E-state index contributed by atoms with van der Waals surface area (Å²) < 4.78 is 15.4. The highest BCUT2D eigenvalue weighted by Crippen LogP contribution is 2.21. The molecule has 0 aromatic carbocycles. The van der Waals surface area contributed by atoms with Crippen molar-refractivity contribution >= 4 is 5.97 Å². The van der Waals surface area contributed by atoms with Crippen molar-refractivity contribution in [1.82, 2.24) is 15.1 Å². The van der Waals surface area contributed by atoms with Crippen LogP contribution >= 0.6 is 0 Å². The summed E-state index contributed by atoms with van der Waals surface area (Å²) in [4.78, 5) is 10.4. The topological polar surface area (TPSA) is 67.1 Å². The zero-order valence-corrected chi connectivity index (χ0v) is 9.53. The van der Waals surface area contributed by atoms with E-state index in [4.69, 9.17) is 5.11 Å². The Kier molecular flexibility index (Phi) is 3.73. The van der Waals surface area contributed by atoms with Gasteiger partial charge in [0.1, 0.15) is 0 Å². The predicted molar refractivity (Wildman–Crippen MR) is 59.3 cm³/mol. The summed E-state index contributed by atoms with van der Waals surface area (Å²) >= 11 is 0. The van der Waals surface area contributed by atoms with E-state index in [1.54, 1.807) is 0 Å². The maximum absolute atomic E-state index is 14.0. The molecule has 0 amide bonds. The van der Waals surface area contributed by atoms with E-state index >= 15 is 0 Å². The summed E-state index contributed by atoms with van der Waals surface area (Å²) in [5, 5.41) is 15.8. The lowest BCUT2D eigenvalue weighted by Gasteiger charge is -2.23. The van der Waals surface area contributed by atoms with Crippen LogP contribution in [0.1, 0.15) is 30.9 Å². The quantitative estimate of drug-likeness (QED) is 0.824. The van der Waals surface area contributed by atoms with Crippen molar-refractivity contribution in [3.63, 3.8) is 0 Å². The second-order valence-electron chi connectivity index (χ2n) is 4.28. The largest absolute Gasteiger partial charge is 0.481 e. The normalized spacial score (nSPS) is 17.2. The van der Waals surface area contributed by atoms with Gasteiger partial charge in [-0.3, -0.25) is 4.79 Å². The molecule has 0 unspecified atom stereocenters. The van der Waals surface area contributed by atoms with E-state index in [1.807, 2.05) is 0 Å². The zero-order valence-electron chi connectivity index (χ0n) is 9.53. The van der Waals surface area contributed by atoms with E-state index in [0.717, 1.165) is 25.9 Å². The molecular formula is C11H16FN3O2. The predicted octanol–water partition coefficient (Wildman–Crippen LogP) is 0.964. The molecule has 1 fully saturated rings. The van der Waals surface area contributed by atoms with E-state index in [2.05, 4.69) is 10.4 Å². The first kappa shape index (κ1) is 12.0. The van der Waals surface area contributed by atoms with Crippen LogP contribution in [0, 0.1) is 5.95 Å². The van der Waals surface area contributed by atoms with Gasteiger partial charge in [-0.15, -0.1) is 0 Å². The number of nitrogens with one attached hydrogen (secondary N) is 1. The van der Waals surface area contributed by atoms with Gasteiger partial charge >= 0.3 is 5.97 Å². The van der Waals surface area contributed by atoms with Crippen molar-refractivity contribution in [2.45, 2.75) is 31.7 Å². The maximum Gasteiger partial charge on any atom is 0.303 e. The number of aromatic nitrogens is 2. The molecule has 0 atom stereocenters. The van der Waals surface area contributed by atoms with Crippen LogP contribution in [0.3, 0.4) is 0 Å². The number of rotatable bonds is 4. The van der Waals surface area contributed by atoms with Crippen molar-refractivity contribution in [2.75, 3.05) is 13.1 Å². The summed E-state index contributed by atoms with van der Waals surface area (Å²) in [7, 11) is 0. The van der Waals surface area contributed by atoms with Gasteiger partial charge in [0.05, 0.1) is 12.2 Å². The van der Waals surface area contributed by atoms with Gasteiger partial charge in [-0.25, -0.2) is 4.68 Å². The number of hydrogen-bond acceptors (Lipinski definition) is 3. The second kappa shape index (κ2) is 5.27. The van der Waals surface area contributed by atoms with Crippen molar-refractivity contribution < 1.29 is 14.3 Å². The number of carbonyl (C=O) groups is 1. The minimum atomic E-state index is -0.918.